The molecule has 0 radical (unpaired) electrons. The van der Waals surface area contributed by atoms with E-state index in [1.165, 1.54) is 6.33 Å². The summed E-state index contributed by atoms with van der Waals surface area (Å²) in [6.45, 7) is 13.2. The largest absolute Gasteiger partial charge is 0.453 e. The molecule has 2 rings (SSSR count). The van der Waals surface area contributed by atoms with E-state index in [4.69, 9.17) is 4.74 Å². The number of amides is 1. The molecule has 0 fully saturated rings. The molecule has 148 valence electrons. The average molecular weight is 375 g/mol. The van der Waals surface area contributed by atoms with E-state index < -0.39 is 12.1 Å². The van der Waals surface area contributed by atoms with Crippen molar-refractivity contribution in [1.29, 1.82) is 0 Å². The molecule has 1 unspecified atom stereocenters. The van der Waals surface area contributed by atoms with Crippen molar-refractivity contribution in [3.8, 4) is 0 Å². The van der Waals surface area contributed by atoms with Crippen LogP contribution in [0.1, 0.15) is 58.0 Å². The Morgan fingerprint density at radius 3 is 2.37 bits per heavy atom. The normalized spacial score (nSPS) is 12.6. The monoisotopic (exact) mass is 375 g/mol. The van der Waals surface area contributed by atoms with Crippen molar-refractivity contribution in [2.24, 2.45) is 0 Å². The van der Waals surface area contributed by atoms with Crippen LogP contribution < -0.4 is 0 Å². The highest BCUT2D eigenvalue weighted by Gasteiger charge is 2.27. The van der Waals surface area contributed by atoms with E-state index in [-0.39, 0.29) is 24.4 Å². The van der Waals surface area contributed by atoms with Gasteiger partial charge >= 0.3 is 5.97 Å². The Morgan fingerprint density at radius 2 is 1.78 bits per heavy atom. The number of esters is 1. The van der Waals surface area contributed by atoms with Crippen LogP contribution in [-0.4, -0.2) is 54.5 Å². The van der Waals surface area contributed by atoms with E-state index in [1.54, 1.807) is 16.3 Å². The summed E-state index contributed by atoms with van der Waals surface area (Å²) >= 11 is 0. The number of aryl methyl sites for hydroxylation is 2. The van der Waals surface area contributed by atoms with Gasteiger partial charge in [-0.05, 0) is 60.5 Å². The van der Waals surface area contributed by atoms with Gasteiger partial charge in [-0.15, -0.1) is 0 Å². The maximum absolute atomic E-state index is 12.6. The minimum absolute atomic E-state index is 0.0458. The third-order valence-corrected chi connectivity index (χ3v) is 4.59. The van der Waals surface area contributed by atoms with Crippen molar-refractivity contribution in [2.45, 2.75) is 79.5 Å². The van der Waals surface area contributed by atoms with Gasteiger partial charge in [0, 0.05) is 29.9 Å². The van der Waals surface area contributed by atoms with Crippen LogP contribution in [0, 0.1) is 13.8 Å². The van der Waals surface area contributed by atoms with Gasteiger partial charge in [0.25, 0.3) is 11.7 Å². The van der Waals surface area contributed by atoms with Crippen LogP contribution in [0.3, 0.4) is 0 Å². The van der Waals surface area contributed by atoms with Crippen LogP contribution in [0.2, 0.25) is 0 Å². The third-order valence-electron chi connectivity index (χ3n) is 4.59. The number of nitrogens with zero attached hydrogens (tertiary/aromatic N) is 5. The number of fused-ring (bicyclic) bond motifs is 1. The van der Waals surface area contributed by atoms with Gasteiger partial charge in [0.2, 0.25) is 0 Å². The lowest BCUT2D eigenvalue weighted by Gasteiger charge is -2.32. The lowest BCUT2D eigenvalue weighted by Crippen LogP contribution is -2.47. The first-order chi connectivity index (χ1) is 12.6. The lowest BCUT2D eigenvalue weighted by atomic mass is 10.1. The van der Waals surface area contributed by atoms with Gasteiger partial charge in [-0.2, -0.15) is 10.1 Å². The molecule has 2 aromatic rings. The zero-order chi connectivity index (χ0) is 20.3. The molecular weight excluding hydrogens is 346 g/mol. The fourth-order valence-electron chi connectivity index (χ4n) is 3.37. The molecule has 0 spiro atoms. The molecule has 8 heteroatoms. The van der Waals surface area contributed by atoms with Gasteiger partial charge in [-0.25, -0.2) is 9.50 Å². The van der Waals surface area contributed by atoms with Gasteiger partial charge in [-0.1, -0.05) is 0 Å². The summed E-state index contributed by atoms with van der Waals surface area (Å²) in [6.07, 6.45) is 1.29. The second-order valence-corrected chi connectivity index (χ2v) is 7.30. The average Bonchev–Trinajstić information content (AvgIpc) is 3.02. The summed E-state index contributed by atoms with van der Waals surface area (Å²) in [6, 6.07) is 0.0915. The number of carbonyl (C=O) groups is 2. The first kappa shape index (κ1) is 20.8. The molecule has 8 nitrogen and oxygen atoms in total. The molecule has 2 aromatic heterocycles. The lowest BCUT2D eigenvalue weighted by molar-refractivity contribution is -0.161. The summed E-state index contributed by atoms with van der Waals surface area (Å²) in [5, 5.41) is 4.15. The van der Waals surface area contributed by atoms with E-state index in [1.807, 2.05) is 41.5 Å². The van der Waals surface area contributed by atoms with Crippen LogP contribution in [0.5, 0.6) is 0 Å². The zero-order valence-electron chi connectivity index (χ0n) is 17.2. The number of carbonyl (C=O) groups excluding carboxylic acids is 2. The van der Waals surface area contributed by atoms with Gasteiger partial charge in [0.15, 0.2) is 6.10 Å². The van der Waals surface area contributed by atoms with Gasteiger partial charge in [0.05, 0.1) is 0 Å². The summed E-state index contributed by atoms with van der Waals surface area (Å²) in [5.74, 6) is -0.0368. The van der Waals surface area contributed by atoms with E-state index in [2.05, 4.69) is 15.1 Å². The quantitative estimate of drug-likeness (QED) is 0.690. The van der Waals surface area contributed by atoms with Crippen LogP contribution in [0.15, 0.2) is 6.33 Å². The van der Waals surface area contributed by atoms with Gasteiger partial charge in [-0.3, -0.25) is 9.59 Å². The summed E-state index contributed by atoms with van der Waals surface area (Å²) < 4.78 is 7.04. The number of hydrogen-bond acceptors (Lipinski definition) is 6. The van der Waals surface area contributed by atoms with Crippen molar-refractivity contribution in [3.63, 3.8) is 0 Å². The van der Waals surface area contributed by atoms with Crippen molar-refractivity contribution >= 4 is 17.7 Å². The Labute approximate surface area is 159 Å². The van der Waals surface area contributed by atoms with Gasteiger partial charge < -0.3 is 9.64 Å². The summed E-state index contributed by atoms with van der Waals surface area (Å²) in [7, 11) is 0. The van der Waals surface area contributed by atoms with Crippen molar-refractivity contribution in [1.82, 2.24) is 24.5 Å². The predicted octanol–water partition coefficient (Wildman–Crippen LogP) is 2.25. The van der Waals surface area contributed by atoms with Crippen LogP contribution in [-0.2, 0) is 20.7 Å². The second kappa shape index (κ2) is 8.45. The highest BCUT2D eigenvalue weighted by molar-refractivity contribution is 5.84. The smallest absolute Gasteiger partial charge is 0.306 e. The first-order valence-corrected chi connectivity index (χ1v) is 9.31. The minimum atomic E-state index is -0.805. The molecule has 0 aromatic carbocycles. The number of rotatable bonds is 7. The number of ether oxygens (including phenoxy) is 1. The molecule has 0 aliphatic rings. The molecule has 0 aliphatic carbocycles. The Morgan fingerprint density at radius 1 is 1.15 bits per heavy atom. The Hall–Kier alpha value is -2.51. The van der Waals surface area contributed by atoms with E-state index >= 15 is 0 Å². The van der Waals surface area contributed by atoms with Crippen LogP contribution >= 0.6 is 0 Å². The SMILES string of the molecule is Cc1nc2ncnn2c(C)c1CCC(=O)OC(C)C(=O)N(C(C)C)C(C)C. The van der Waals surface area contributed by atoms with Crippen LogP contribution in [0.25, 0.3) is 5.78 Å². The topological polar surface area (TPSA) is 89.7 Å². The summed E-state index contributed by atoms with van der Waals surface area (Å²) in [5.41, 5.74) is 2.66. The van der Waals surface area contributed by atoms with Crippen LogP contribution in [0.4, 0.5) is 0 Å². The second-order valence-electron chi connectivity index (χ2n) is 7.30. The third kappa shape index (κ3) is 4.61. The highest BCUT2D eigenvalue weighted by Crippen LogP contribution is 2.16. The standard InChI is InChI=1S/C19H29N5O3/c1-11(2)23(12(3)4)18(26)15(7)27-17(25)9-8-16-13(5)22-19-20-10-21-24(19)14(16)6/h10-12,15H,8-9H2,1-7H3. The first-order valence-electron chi connectivity index (χ1n) is 9.31. The molecule has 0 N–H and O–H groups in total. The molecular formula is C19H29N5O3. The van der Waals surface area contributed by atoms with Crippen molar-refractivity contribution < 1.29 is 14.3 Å². The zero-order valence-corrected chi connectivity index (χ0v) is 17.2. The molecule has 27 heavy (non-hydrogen) atoms. The van der Waals surface area contributed by atoms with Crippen molar-refractivity contribution in [3.05, 3.63) is 23.3 Å². The minimum Gasteiger partial charge on any atom is -0.453 e. The molecule has 1 amide bonds. The molecule has 0 bridgehead atoms. The number of hydrogen-bond donors (Lipinski definition) is 0. The molecule has 1 atom stereocenters. The molecule has 2 heterocycles. The highest BCUT2D eigenvalue weighted by atomic mass is 16.5. The van der Waals surface area contributed by atoms with E-state index in [0.29, 0.717) is 12.2 Å². The van der Waals surface area contributed by atoms with Gasteiger partial charge in [0.1, 0.15) is 6.33 Å². The number of aromatic nitrogens is 4. The predicted molar refractivity (Wildman–Crippen MR) is 101 cm³/mol. The molecule has 0 aliphatic heterocycles. The Bertz CT molecular complexity index is 820. The van der Waals surface area contributed by atoms with Crippen molar-refractivity contribution in [2.75, 3.05) is 0 Å². The fraction of sp³-hybridized carbons (Fsp3) is 0.632. The Balaban J connectivity index is 2.01. The molecule has 0 saturated carbocycles. The van der Waals surface area contributed by atoms with E-state index in [0.717, 1.165) is 17.0 Å². The maximum Gasteiger partial charge on any atom is 0.306 e. The van der Waals surface area contributed by atoms with E-state index in [9.17, 15) is 9.59 Å². The Kier molecular flexibility index (Phi) is 6.51. The maximum atomic E-state index is 12.6. The summed E-state index contributed by atoms with van der Waals surface area (Å²) in [4.78, 5) is 35.1. The fourth-order valence-corrected chi connectivity index (χ4v) is 3.37. The molecule has 0 saturated heterocycles.